The number of hydrogen-bond donors (Lipinski definition) is 1. The molecule has 0 aliphatic heterocycles. The third kappa shape index (κ3) is 3.61. The van der Waals surface area contributed by atoms with Crippen LogP contribution in [0, 0.1) is 19.7 Å². The van der Waals surface area contributed by atoms with Crippen molar-refractivity contribution in [2.24, 2.45) is 5.73 Å². The van der Waals surface area contributed by atoms with E-state index in [0.717, 1.165) is 5.56 Å². The van der Waals surface area contributed by atoms with Crippen molar-refractivity contribution in [3.63, 3.8) is 0 Å². The van der Waals surface area contributed by atoms with E-state index < -0.39 is 0 Å². The lowest BCUT2D eigenvalue weighted by atomic mass is 9.88. The summed E-state index contributed by atoms with van der Waals surface area (Å²) in [4.78, 5) is 0. The lowest BCUT2D eigenvalue weighted by Crippen LogP contribution is -2.16. The highest BCUT2D eigenvalue weighted by molar-refractivity contribution is 5.39. The van der Waals surface area contributed by atoms with E-state index in [4.69, 9.17) is 10.5 Å². The summed E-state index contributed by atoms with van der Waals surface area (Å²) in [5.74, 6) is 0.614. The minimum absolute atomic E-state index is 0.153. The second kappa shape index (κ2) is 6.72. The number of halogens is 1. The molecule has 0 amide bonds. The minimum atomic E-state index is -0.248. The van der Waals surface area contributed by atoms with Crippen molar-refractivity contribution >= 4 is 0 Å². The summed E-state index contributed by atoms with van der Waals surface area (Å²) >= 11 is 0. The minimum Gasteiger partial charge on any atom is -0.496 e. The van der Waals surface area contributed by atoms with Gasteiger partial charge in [-0.15, -0.1) is 0 Å². The zero-order valence-corrected chi connectivity index (χ0v) is 12.8. The largest absolute Gasteiger partial charge is 0.496 e. The molecule has 0 heterocycles. The zero-order chi connectivity index (χ0) is 15.4. The Kier molecular flexibility index (Phi) is 4.97. The van der Waals surface area contributed by atoms with E-state index in [1.165, 1.54) is 28.8 Å². The van der Waals surface area contributed by atoms with Gasteiger partial charge in [0, 0.05) is 5.92 Å². The Morgan fingerprint density at radius 3 is 2.57 bits per heavy atom. The fourth-order valence-corrected chi connectivity index (χ4v) is 2.69. The van der Waals surface area contributed by atoms with Gasteiger partial charge in [-0.1, -0.05) is 23.8 Å². The van der Waals surface area contributed by atoms with Gasteiger partial charge in [-0.2, -0.15) is 0 Å². The number of hydrogen-bond acceptors (Lipinski definition) is 2. The Balaban J connectivity index is 2.35. The maximum atomic E-state index is 13.5. The van der Waals surface area contributed by atoms with E-state index in [2.05, 4.69) is 32.0 Å². The van der Waals surface area contributed by atoms with E-state index >= 15 is 0 Å². The highest BCUT2D eigenvalue weighted by atomic mass is 19.1. The van der Waals surface area contributed by atoms with Crippen LogP contribution in [0.15, 0.2) is 36.4 Å². The van der Waals surface area contributed by atoms with Crippen LogP contribution < -0.4 is 10.5 Å². The molecule has 0 radical (unpaired) electrons. The molecule has 1 unspecified atom stereocenters. The molecule has 0 saturated heterocycles. The topological polar surface area (TPSA) is 35.2 Å². The lowest BCUT2D eigenvalue weighted by Gasteiger charge is -2.20. The molecular formula is C18H22FNO. The van der Waals surface area contributed by atoms with Crippen LogP contribution >= 0.6 is 0 Å². The van der Waals surface area contributed by atoms with Gasteiger partial charge in [0.1, 0.15) is 11.6 Å². The smallest absolute Gasteiger partial charge is 0.123 e. The first kappa shape index (κ1) is 15.5. The van der Waals surface area contributed by atoms with Gasteiger partial charge in [-0.25, -0.2) is 4.39 Å². The van der Waals surface area contributed by atoms with E-state index in [-0.39, 0.29) is 11.7 Å². The van der Waals surface area contributed by atoms with Crippen LogP contribution in [-0.2, 0) is 6.42 Å². The summed E-state index contributed by atoms with van der Waals surface area (Å²) in [7, 11) is 1.60. The zero-order valence-electron chi connectivity index (χ0n) is 12.8. The molecule has 2 aromatic carbocycles. The Hall–Kier alpha value is -1.87. The second-order valence-corrected chi connectivity index (χ2v) is 5.45. The van der Waals surface area contributed by atoms with Crippen LogP contribution in [0.2, 0.25) is 0 Å². The average molecular weight is 287 g/mol. The second-order valence-electron chi connectivity index (χ2n) is 5.45. The Bertz CT molecular complexity index is 625. The first-order valence-corrected chi connectivity index (χ1v) is 7.14. The summed E-state index contributed by atoms with van der Waals surface area (Å²) in [6.45, 7) is 4.67. The molecule has 0 spiro atoms. The van der Waals surface area contributed by atoms with Crippen molar-refractivity contribution in [3.05, 3.63) is 64.5 Å². The number of methoxy groups -OCH3 is 1. The van der Waals surface area contributed by atoms with Crippen LogP contribution in [0.4, 0.5) is 4.39 Å². The number of benzene rings is 2. The maximum Gasteiger partial charge on any atom is 0.123 e. The number of ether oxygens (including phenoxy) is 1. The molecule has 2 aromatic rings. The van der Waals surface area contributed by atoms with Gasteiger partial charge in [-0.05, 0) is 61.7 Å². The van der Waals surface area contributed by atoms with Gasteiger partial charge < -0.3 is 10.5 Å². The molecule has 21 heavy (non-hydrogen) atoms. The van der Waals surface area contributed by atoms with E-state index in [1.807, 2.05) is 0 Å². The molecule has 0 fully saturated rings. The molecule has 2 rings (SSSR count). The van der Waals surface area contributed by atoms with Gasteiger partial charge in [0.2, 0.25) is 0 Å². The lowest BCUT2D eigenvalue weighted by molar-refractivity contribution is 0.406. The molecule has 0 aliphatic carbocycles. The van der Waals surface area contributed by atoms with Gasteiger partial charge in [0.25, 0.3) is 0 Å². The summed E-state index contributed by atoms with van der Waals surface area (Å²) in [5.41, 5.74) is 10.5. The van der Waals surface area contributed by atoms with Gasteiger partial charge in [0.15, 0.2) is 0 Å². The molecule has 0 aromatic heterocycles. The van der Waals surface area contributed by atoms with Crippen molar-refractivity contribution in [1.82, 2.24) is 0 Å². The van der Waals surface area contributed by atoms with Crippen molar-refractivity contribution < 1.29 is 9.13 Å². The van der Waals surface area contributed by atoms with Crippen LogP contribution in [0.5, 0.6) is 5.75 Å². The normalized spacial score (nSPS) is 12.2. The van der Waals surface area contributed by atoms with Crippen LogP contribution in [0.1, 0.15) is 28.2 Å². The summed E-state index contributed by atoms with van der Waals surface area (Å²) in [5, 5.41) is 0. The number of nitrogens with two attached hydrogens (primary N) is 1. The van der Waals surface area contributed by atoms with E-state index in [9.17, 15) is 4.39 Å². The predicted molar refractivity (Wildman–Crippen MR) is 84.4 cm³/mol. The summed E-state index contributed by atoms with van der Waals surface area (Å²) in [6, 6.07) is 11.0. The first-order chi connectivity index (χ1) is 10.0. The van der Waals surface area contributed by atoms with Gasteiger partial charge >= 0.3 is 0 Å². The Morgan fingerprint density at radius 2 is 1.90 bits per heavy atom. The molecule has 0 bridgehead atoms. The molecule has 112 valence electrons. The van der Waals surface area contributed by atoms with Crippen molar-refractivity contribution in [2.45, 2.75) is 26.2 Å². The average Bonchev–Trinajstić information content (AvgIpc) is 2.47. The molecule has 3 heteroatoms. The van der Waals surface area contributed by atoms with Crippen molar-refractivity contribution in [3.8, 4) is 5.75 Å². The fraction of sp³-hybridized carbons (Fsp3) is 0.333. The molecular weight excluding hydrogens is 265 g/mol. The quantitative estimate of drug-likeness (QED) is 0.909. The van der Waals surface area contributed by atoms with Crippen LogP contribution in [0.25, 0.3) is 0 Å². The summed E-state index contributed by atoms with van der Waals surface area (Å²) < 4.78 is 18.8. The maximum absolute atomic E-state index is 13.5. The standard InChI is InChI=1S/C18H22FNO/c1-12-4-5-13(2)17(8-12)15(11-20)9-14-10-16(19)6-7-18(14)21-3/h4-8,10,15H,9,11,20H2,1-3H3. The highest BCUT2D eigenvalue weighted by Crippen LogP contribution is 2.29. The predicted octanol–water partition coefficient (Wildman–Crippen LogP) is 3.74. The third-order valence-corrected chi connectivity index (χ3v) is 3.87. The highest BCUT2D eigenvalue weighted by Gasteiger charge is 2.16. The van der Waals surface area contributed by atoms with Gasteiger partial charge in [-0.3, -0.25) is 0 Å². The first-order valence-electron chi connectivity index (χ1n) is 7.14. The molecule has 2 nitrogen and oxygen atoms in total. The SMILES string of the molecule is COc1ccc(F)cc1CC(CN)c1cc(C)ccc1C. The Labute approximate surface area is 125 Å². The van der Waals surface area contributed by atoms with Crippen molar-refractivity contribution in [1.29, 1.82) is 0 Å². The van der Waals surface area contributed by atoms with Crippen LogP contribution in [-0.4, -0.2) is 13.7 Å². The molecule has 1 atom stereocenters. The van der Waals surface area contributed by atoms with Gasteiger partial charge in [0.05, 0.1) is 7.11 Å². The van der Waals surface area contributed by atoms with Crippen molar-refractivity contribution in [2.75, 3.05) is 13.7 Å². The van der Waals surface area contributed by atoms with E-state index in [1.54, 1.807) is 13.2 Å². The van der Waals surface area contributed by atoms with Crippen LogP contribution in [0.3, 0.4) is 0 Å². The molecule has 0 saturated carbocycles. The number of aryl methyl sites for hydroxylation is 2. The fourth-order valence-electron chi connectivity index (χ4n) is 2.69. The monoisotopic (exact) mass is 287 g/mol. The molecule has 0 aliphatic rings. The molecule has 2 N–H and O–H groups in total. The third-order valence-electron chi connectivity index (χ3n) is 3.87. The summed E-state index contributed by atoms with van der Waals surface area (Å²) in [6.07, 6.45) is 0.668. The number of rotatable bonds is 5. The van der Waals surface area contributed by atoms with E-state index in [0.29, 0.717) is 18.7 Å². The Morgan fingerprint density at radius 1 is 1.14 bits per heavy atom.